The van der Waals surface area contributed by atoms with E-state index in [1.54, 1.807) is 31.4 Å². The summed E-state index contributed by atoms with van der Waals surface area (Å²) in [5.41, 5.74) is 1.72. The standard InChI is InChI=1S/C20H20N2O4S2/c1-26-13-12-22-17-10-9-16(28(2,24)25)14-18(17)27-20(22)21-19(23)11-8-15-6-4-3-5-7-15/h3-11,14H,12-13H2,1-2H3. The monoisotopic (exact) mass is 416 g/mol. The highest BCUT2D eigenvalue weighted by Crippen LogP contribution is 2.22. The third-order valence-corrected chi connectivity index (χ3v) is 6.18. The number of sulfone groups is 1. The van der Waals surface area contributed by atoms with Gasteiger partial charge in [0.15, 0.2) is 14.6 Å². The van der Waals surface area contributed by atoms with Crippen molar-refractivity contribution in [2.75, 3.05) is 20.0 Å². The molecular weight excluding hydrogens is 396 g/mol. The third-order valence-electron chi connectivity index (χ3n) is 4.03. The van der Waals surface area contributed by atoms with Crippen LogP contribution in [0.4, 0.5) is 0 Å². The molecule has 1 heterocycles. The van der Waals surface area contributed by atoms with Crippen molar-refractivity contribution in [2.24, 2.45) is 4.99 Å². The zero-order valence-electron chi connectivity index (χ0n) is 15.5. The normalized spacial score (nSPS) is 12.9. The number of carbonyl (C=O) groups is 1. The van der Waals surface area contributed by atoms with Crippen molar-refractivity contribution in [3.63, 3.8) is 0 Å². The van der Waals surface area contributed by atoms with Crippen LogP contribution in [0.3, 0.4) is 0 Å². The number of methoxy groups -OCH3 is 1. The van der Waals surface area contributed by atoms with Gasteiger partial charge in [-0.05, 0) is 29.8 Å². The summed E-state index contributed by atoms with van der Waals surface area (Å²) in [6.45, 7) is 0.949. The lowest BCUT2D eigenvalue weighted by Crippen LogP contribution is -2.18. The first-order valence-electron chi connectivity index (χ1n) is 8.53. The van der Waals surface area contributed by atoms with Crippen LogP contribution in [-0.4, -0.2) is 38.9 Å². The highest BCUT2D eigenvalue weighted by molar-refractivity contribution is 7.90. The molecule has 0 N–H and O–H groups in total. The number of carbonyl (C=O) groups excluding carboxylic acids is 1. The molecule has 2 aromatic carbocycles. The number of rotatable bonds is 6. The molecule has 0 saturated carbocycles. The molecule has 1 amide bonds. The molecule has 8 heteroatoms. The molecule has 28 heavy (non-hydrogen) atoms. The number of hydrogen-bond donors (Lipinski definition) is 0. The van der Waals surface area contributed by atoms with Gasteiger partial charge in [0.1, 0.15) is 0 Å². The summed E-state index contributed by atoms with van der Waals surface area (Å²) in [6.07, 6.45) is 4.30. The highest BCUT2D eigenvalue weighted by atomic mass is 32.2. The van der Waals surface area contributed by atoms with E-state index < -0.39 is 9.84 Å². The maximum Gasteiger partial charge on any atom is 0.272 e. The predicted molar refractivity (Wildman–Crippen MR) is 111 cm³/mol. The van der Waals surface area contributed by atoms with Crippen LogP contribution in [0, 0.1) is 0 Å². The Kier molecular flexibility index (Phi) is 6.23. The zero-order valence-corrected chi connectivity index (χ0v) is 17.2. The summed E-state index contributed by atoms with van der Waals surface area (Å²) in [6, 6.07) is 14.4. The van der Waals surface area contributed by atoms with Crippen LogP contribution in [0.25, 0.3) is 16.3 Å². The predicted octanol–water partition coefficient (Wildman–Crippen LogP) is 2.89. The van der Waals surface area contributed by atoms with Gasteiger partial charge in [0.25, 0.3) is 5.91 Å². The Labute approximate surface area is 167 Å². The molecule has 0 atom stereocenters. The van der Waals surface area contributed by atoms with Crippen molar-refractivity contribution in [1.82, 2.24) is 4.57 Å². The highest BCUT2D eigenvalue weighted by Gasteiger charge is 2.12. The van der Waals surface area contributed by atoms with Gasteiger partial charge in [-0.1, -0.05) is 41.7 Å². The number of hydrogen-bond acceptors (Lipinski definition) is 5. The molecule has 146 valence electrons. The number of aromatic nitrogens is 1. The average Bonchev–Trinajstić information content (AvgIpc) is 3.01. The van der Waals surface area contributed by atoms with E-state index in [1.165, 1.54) is 23.7 Å². The van der Waals surface area contributed by atoms with Crippen LogP contribution in [0.1, 0.15) is 5.56 Å². The van der Waals surface area contributed by atoms with Crippen molar-refractivity contribution in [3.05, 3.63) is 65.0 Å². The SMILES string of the molecule is COCCn1c(=NC(=O)C=Cc2ccccc2)sc2cc(S(C)(=O)=O)ccc21. The Bertz CT molecular complexity index is 1190. The van der Waals surface area contributed by atoms with Gasteiger partial charge in [-0.2, -0.15) is 4.99 Å². The van der Waals surface area contributed by atoms with Gasteiger partial charge in [-0.3, -0.25) is 4.79 Å². The number of thiazole rings is 1. The smallest absolute Gasteiger partial charge is 0.272 e. The van der Waals surface area contributed by atoms with Crippen LogP contribution >= 0.6 is 11.3 Å². The van der Waals surface area contributed by atoms with Crippen LogP contribution in [-0.2, 0) is 25.9 Å². The Hall–Kier alpha value is -2.55. The van der Waals surface area contributed by atoms with Crippen LogP contribution < -0.4 is 4.80 Å². The lowest BCUT2D eigenvalue weighted by atomic mass is 10.2. The Morgan fingerprint density at radius 3 is 2.64 bits per heavy atom. The summed E-state index contributed by atoms with van der Waals surface area (Å²) in [7, 11) is -1.71. The fourth-order valence-electron chi connectivity index (χ4n) is 2.63. The third kappa shape index (κ3) is 4.83. The van der Waals surface area contributed by atoms with Gasteiger partial charge in [-0.15, -0.1) is 0 Å². The largest absolute Gasteiger partial charge is 0.383 e. The van der Waals surface area contributed by atoms with E-state index >= 15 is 0 Å². The van der Waals surface area contributed by atoms with Crippen LogP contribution in [0.15, 0.2) is 64.5 Å². The van der Waals surface area contributed by atoms with Crippen LogP contribution in [0.2, 0.25) is 0 Å². The lowest BCUT2D eigenvalue weighted by molar-refractivity contribution is -0.113. The molecule has 0 bridgehead atoms. The molecule has 3 aromatic rings. The van der Waals surface area contributed by atoms with E-state index in [4.69, 9.17) is 4.74 Å². The summed E-state index contributed by atoms with van der Waals surface area (Å²) < 4.78 is 31.4. The Balaban J connectivity index is 2.03. The van der Waals surface area contributed by atoms with E-state index in [-0.39, 0.29) is 10.8 Å². The van der Waals surface area contributed by atoms with Crippen LogP contribution in [0.5, 0.6) is 0 Å². The Morgan fingerprint density at radius 1 is 1.21 bits per heavy atom. The van der Waals surface area contributed by atoms with E-state index in [0.717, 1.165) is 15.8 Å². The fraction of sp³-hybridized carbons (Fsp3) is 0.200. The van der Waals surface area contributed by atoms with Gasteiger partial charge in [0, 0.05) is 26.0 Å². The van der Waals surface area contributed by atoms with Gasteiger partial charge in [0.05, 0.1) is 21.7 Å². The summed E-state index contributed by atoms with van der Waals surface area (Å²) in [5, 5.41) is 0. The fourth-order valence-corrected chi connectivity index (χ4v) is 4.45. The first kappa shape index (κ1) is 20.2. The lowest BCUT2D eigenvalue weighted by Gasteiger charge is -2.04. The van der Waals surface area contributed by atoms with Gasteiger partial charge < -0.3 is 9.30 Å². The maximum absolute atomic E-state index is 12.3. The first-order chi connectivity index (χ1) is 13.4. The van der Waals surface area contributed by atoms with Crippen molar-refractivity contribution < 1.29 is 17.9 Å². The van der Waals surface area contributed by atoms with E-state index in [0.29, 0.717) is 18.0 Å². The second-order valence-corrected chi connectivity index (χ2v) is 9.15. The van der Waals surface area contributed by atoms with Crippen molar-refractivity contribution in [1.29, 1.82) is 0 Å². The molecule has 3 rings (SSSR count). The molecule has 0 aliphatic heterocycles. The number of benzene rings is 2. The summed E-state index contributed by atoms with van der Waals surface area (Å²) >= 11 is 1.28. The maximum atomic E-state index is 12.3. The van der Waals surface area contributed by atoms with Gasteiger partial charge in [-0.25, -0.2) is 8.42 Å². The number of ether oxygens (including phenoxy) is 1. The van der Waals surface area contributed by atoms with Crippen molar-refractivity contribution >= 4 is 43.4 Å². The minimum Gasteiger partial charge on any atom is -0.383 e. The minimum atomic E-state index is -3.31. The number of amides is 1. The molecule has 0 fully saturated rings. The quantitative estimate of drug-likeness (QED) is 0.579. The Morgan fingerprint density at radius 2 is 1.96 bits per heavy atom. The second kappa shape index (κ2) is 8.64. The molecule has 1 aromatic heterocycles. The topological polar surface area (TPSA) is 77.7 Å². The number of nitrogens with zero attached hydrogens (tertiary/aromatic N) is 2. The number of fused-ring (bicyclic) bond motifs is 1. The molecule has 0 saturated heterocycles. The second-order valence-electron chi connectivity index (χ2n) is 6.12. The first-order valence-corrected chi connectivity index (χ1v) is 11.2. The van der Waals surface area contributed by atoms with E-state index in [2.05, 4.69) is 4.99 Å². The molecule has 0 spiro atoms. The molecule has 0 aliphatic carbocycles. The van der Waals surface area contributed by atoms with E-state index in [1.807, 2.05) is 34.9 Å². The van der Waals surface area contributed by atoms with Gasteiger partial charge in [0.2, 0.25) is 0 Å². The van der Waals surface area contributed by atoms with Crippen molar-refractivity contribution in [3.8, 4) is 0 Å². The van der Waals surface area contributed by atoms with Gasteiger partial charge >= 0.3 is 0 Å². The summed E-state index contributed by atoms with van der Waals surface area (Å²) in [4.78, 5) is 17.3. The average molecular weight is 417 g/mol. The molecule has 6 nitrogen and oxygen atoms in total. The molecule has 0 radical (unpaired) electrons. The van der Waals surface area contributed by atoms with Crippen molar-refractivity contribution in [2.45, 2.75) is 11.4 Å². The zero-order chi connectivity index (χ0) is 20.1. The van der Waals surface area contributed by atoms with E-state index in [9.17, 15) is 13.2 Å². The molecular formula is C20H20N2O4S2. The minimum absolute atomic E-state index is 0.238. The molecule has 0 unspecified atom stereocenters. The summed E-state index contributed by atoms with van der Waals surface area (Å²) in [5.74, 6) is -0.384. The molecule has 0 aliphatic rings.